The van der Waals surface area contributed by atoms with Gasteiger partial charge in [0.25, 0.3) is 0 Å². The van der Waals surface area contributed by atoms with Crippen molar-refractivity contribution in [3.05, 3.63) is 95.7 Å². The molecule has 0 unspecified atom stereocenters. The zero-order valence-corrected chi connectivity index (χ0v) is 20.4. The Morgan fingerprint density at radius 1 is 0.833 bits per heavy atom. The minimum Gasteiger partial charge on any atom is -0.493 e. The first kappa shape index (κ1) is 23.5. The summed E-state index contributed by atoms with van der Waals surface area (Å²) in [5.74, 6) is 2.10. The first-order valence-electron chi connectivity index (χ1n) is 11.9. The third-order valence-corrected chi connectivity index (χ3v) is 6.54. The standard InChI is InChI=1S/C29H28N4O3/c1-34-25-14-13-23(19-26(25)35-2)28-31-24(20-30)29(36-28)33-17-15-32(16-18-33)27(21-9-5-3-6-10-21)22-11-7-4-8-12-22/h3-14,19,27H,15-18H2,1-2H3. The second-order valence-corrected chi connectivity index (χ2v) is 8.60. The molecule has 1 aliphatic heterocycles. The van der Waals surface area contributed by atoms with E-state index in [0.717, 1.165) is 31.7 Å². The smallest absolute Gasteiger partial charge is 0.235 e. The van der Waals surface area contributed by atoms with Crippen LogP contribution in [0.2, 0.25) is 0 Å². The molecule has 0 atom stereocenters. The van der Waals surface area contributed by atoms with Crippen LogP contribution in [-0.2, 0) is 0 Å². The maximum absolute atomic E-state index is 9.78. The quantitative estimate of drug-likeness (QED) is 0.362. The molecule has 0 radical (unpaired) electrons. The Bertz CT molecular complexity index is 1300. The van der Waals surface area contributed by atoms with E-state index in [1.807, 2.05) is 18.2 Å². The van der Waals surface area contributed by atoms with Gasteiger partial charge in [0.05, 0.1) is 20.3 Å². The van der Waals surface area contributed by atoms with Gasteiger partial charge in [-0.3, -0.25) is 4.90 Å². The molecule has 2 heterocycles. The number of ether oxygens (including phenoxy) is 2. The molecule has 5 rings (SSSR count). The zero-order chi connectivity index (χ0) is 24.9. The molecule has 0 saturated carbocycles. The molecule has 7 heteroatoms. The Labute approximate surface area is 211 Å². The fourth-order valence-electron chi connectivity index (χ4n) is 4.76. The van der Waals surface area contributed by atoms with Crippen LogP contribution in [0.3, 0.4) is 0 Å². The van der Waals surface area contributed by atoms with Gasteiger partial charge in [0.1, 0.15) is 6.07 Å². The van der Waals surface area contributed by atoms with Gasteiger partial charge in [-0.15, -0.1) is 0 Å². The van der Waals surface area contributed by atoms with Crippen molar-refractivity contribution in [1.29, 1.82) is 5.26 Å². The molecule has 0 spiro atoms. The number of hydrogen-bond donors (Lipinski definition) is 0. The van der Waals surface area contributed by atoms with Gasteiger partial charge in [0.15, 0.2) is 11.5 Å². The molecule has 0 bridgehead atoms. The summed E-state index contributed by atoms with van der Waals surface area (Å²) in [6.45, 7) is 3.11. The van der Waals surface area contributed by atoms with E-state index in [1.54, 1.807) is 26.4 Å². The predicted molar refractivity (Wildman–Crippen MR) is 138 cm³/mol. The largest absolute Gasteiger partial charge is 0.493 e. The summed E-state index contributed by atoms with van der Waals surface area (Å²) < 4.78 is 16.9. The van der Waals surface area contributed by atoms with E-state index >= 15 is 0 Å². The number of aromatic nitrogens is 1. The summed E-state index contributed by atoms with van der Waals surface area (Å²) in [4.78, 5) is 9.07. The molecule has 4 aromatic rings. The highest BCUT2D eigenvalue weighted by Crippen LogP contribution is 2.35. The lowest BCUT2D eigenvalue weighted by Crippen LogP contribution is -2.48. The molecule has 0 amide bonds. The Morgan fingerprint density at radius 2 is 1.44 bits per heavy atom. The number of oxazole rings is 1. The Hall–Kier alpha value is -4.28. The van der Waals surface area contributed by atoms with Crippen molar-refractivity contribution in [2.75, 3.05) is 45.3 Å². The van der Waals surface area contributed by atoms with E-state index in [4.69, 9.17) is 13.9 Å². The Kier molecular flexibility index (Phi) is 6.87. The minimum atomic E-state index is 0.169. The highest BCUT2D eigenvalue weighted by atomic mass is 16.5. The maximum atomic E-state index is 9.78. The van der Waals surface area contributed by atoms with Gasteiger partial charge in [-0.05, 0) is 29.3 Å². The fourth-order valence-corrected chi connectivity index (χ4v) is 4.76. The summed E-state index contributed by atoms with van der Waals surface area (Å²) in [6.07, 6.45) is 0. The van der Waals surface area contributed by atoms with Gasteiger partial charge in [0, 0.05) is 31.7 Å². The summed E-state index contributed by atoms with van der Waals surface area (Å²) >= 11 is 0. The monoisotopic (exact) mass is 480 g/mol. The SMILES string of the molecule is COc1ccc(-c2nc(C#N)c(N3CCN(C(c4ccccc4)c4ccccc4)CC3)o2)cc1OC. The van der Waals surface area contributed by atoms with Crippen molar-refractivity contribution in [3.8, 4) is 29.0 Å². The van der Waals surface area contributed by atoms with Crippen LogP contribution in [0, 0.1) is 11.3 Å². The molecule has 182 valence electrons. The molecule has 1 aliphatic rings. The fraction of sp³-hybridized carbons (Fsp3) is 0.241. The van der Waals surface area contributed by atoms with Crippen LogP contribution >= 0.6 is 0 Å². The number of hydrogen-bond acceptors (Lipinski definition) is 7. The first-order valence-corrected chi connectivity index (χ1v) is 11.9. The predicted octanol–water partition coefficient (Wildman–Crippen LogP) is 5.14. The molecule has 36 heavy (non-hydrogen) atoms. The van der Waals surface area contributed by atoms with Gasteiger partial charge >= 0.3 is 0 Å². The molecular weight excluding hydrogens is 452 g/mol. The molecule has 1 fully saturated rings. The maximum Gasteiger partial charge on any atom is 0.235 e. The van der Waals surface area contributed by atoms with Gasteiger partial charge < -0.3 is 18.8 Å². The normalized spacial score (nSPS) is 14.0. The minimum absolute atomic E-state index is 0.169. The van der Waals surface area contributed by atoms with E-state index < -0.39 is 0 Å². The second-order valence-electron chi connectivity index (χ2n) is 8.60. The Morgan fingerprint density at radius 3 is 2.00 bits per heavy atom. The zero-order valence-electron chi connectivity index (χ0n) is 20.4. The van der Waals surface area contributed by atoms with Crippen molar-refractivity contribution in [1.82, 2.24) is 9.88 Å². The molecule has 3 aromatic carbocycles. The van der Waals surface area contributed by atoms with Crippen LogP contribution in [0.4, 0.5) is 5.88 Å². The topological polar surface area (TPSA) is 74.8 Å². The number of nitrogens with zero attached hydrogens (tertiary/aromatic N) is 4. The Balaban J connectivity index is 1.38. The number of nitriles is 1. The number of benzene rings is 3. The van der Waals surface area contributed by atoms with Crippen molar-refractivity contribution >= 4 is 5.88 Å². The van der Waals surface area contributed by atoms with Gasteiger partial charge in [-0.25, -0.2) is 0 Å². The summed E-state index contributed by atoms with van der Waals surface area (Å²) in [5, 5.41) is 9.78. The van der Waals surface area contributed by atoms with Gasteiger partial charge in [-0.1, -0.05) is 60.7 Å². The highest BCUT2D eigenvalue weighted by Gasteiger charge is 2.29. The lowest BCUT2D eigenvalue weighted by molar-refractivity contribution is 0.209. The number of anilines is 1. The molecule has 1 aromatic heterocycles. The lowest BCUT2D eigenvalue weighted by atomic mass is 9.96. The number of piperazine rings is 1. The third kappa shape index (κ3) is 4.64. The van der Waals surface area contributed by atoms with Crippen LogP contribution < -0.4 is 14.4 Å². The second kappa shape index (κ2) is 10.5. The summed E-state index contributed by atoms with van der Waals surface area (Å²) in [5.41, 5.74) is 3.55. The van der Waals surface area contributed by atoms with E-state index in [9.17, 15) is 5.26 Å². The van der Waals surface area contributed by atoms with E-state index in [0.29, 0.717) is 23.3 Å². The molecule has 0 aliphatic carbocycles. The van der Waals surface area contributed by atoms with Gasteiger partial charge in [0.2, 0.25) is 17.5 Å². The van der Waals surface area contributed by atoms with Crippen LogP contribution in [0.15, 0.2) is 83.3 Å². The molecule has 7 nitrogen and oxygen atoms in total. The van der Waals surface area contributed by atoms with E-state index in [1.165, 1.54) is 11.1 Å². The number of rotatable bonds is 7. The molecular formula is C29H28N4O3. The van der Waals surface area contributed by atoms with Crippen LogP contribution in [0.1, 0.15) is 22.9 Å². The average Bonchev–Trinajstić information content (AvgIpc) is 3.39. The van der Waals surface area contributed by atoms with Crippen LogP contribution in [0.5, 0.6) is 11.5 Å². The van der Waals surface area contributed by atoms with E-state index in [2.05, 4.69) is 69.4 Å². The van der Waals surface area contributed by atoms with Crippen molar-refractivity contribution in [3.63, 3.8) is 0 Å². The van der Waals surface area contributed by atoms with Crippen molar-refractivity contribution in [2.45, 2.75) is 6.04 Å². The summed E-state index contributed by atoms with van der Waals surface area (Å²) in [6, 6.07) is 29.0. The average molecular weight is 481 g/mol. The molecule has 1 saturated heterocycles. The van der Waals surface area contributed by atoms with Crippen LogP contribution in [-0.4, -0.2) is 50.3 Å². The van der Waals surface area contributed by atoms with Crippen LogP contribution in [0.25, 0.3) is 11.5 Å². The van der Waals surface area contributed by atoms with Gasteiger partial charge in [-0.2, -0.15) is 10.2 Å². The highest BCUT2D eigenvalue weighted by molar-refractivity contribution is 5.63. The lowest BCUT2D eigenvalue weighted by Gasteiger charge is -2.39. The molecule has 0 N–H and O–H groups in total. The summed E-state index contributed by atoms with van der Waals surface area (Å²) in [7, 11) is 3.18. The third-order valence-electron chi connectivity index (χ3n) is 6.54. The van der Waals surface area contributed by atoms with E-state index in [-0.39, 0.29) is 11.7 Å². The van der Waals surface area contributed by atoms with Crippen molar-refractivity contribution < 1.29 is 13.9 Å². The first-order chi connectivity index (χ1) is 17.7. The number of methoxy groups -OCH3 is 2. The van der Waals surface area contributed by atoms with Crippen molar-refractivity contribution in [2.24, 2.45) is 0 Å².